The lowest BCUT2D eigenvalue weighted by Gasteiger charge is -2.06. The first-order valence-electron chi connectivity index (χ1n) is 6.50. The number of pyridine rings is 1. The van der Waals surface area contributed by atoms with Gasteiger partial charge in [0.05, 0.1) is 0 Å². The molecule has 19 heavy (non-hydrogen) atoms. The highest BCUT2D eigenvalue weighted by atomic mass is 16.1. The van der Waals surface area contributed by atoms with Crippen molar-refractivity contribution in [1.29, 1.82) is 0 Å². The van der Waals surface area contributed by atoms with Crippen LogP contribution in [0.25, 0.3) is 0 Å². The van der Waals surface area contributed by atoms with Gasteiger partial charge in [0.1, 0.15) is 0 Å². The van der Waals surface area contributed by atoms with Crippen molar-refractivity contribution in [3.8, 4) is 0 Å². The van der Waals surface area contributed by atoms with E-state index in [1.165, 1.54) is 11.1 Å². The van der Waals surface area contributed by atoms with Gasteiger partial charge < -0.3 is 0 Å². The van der Waals surface area contributed by atoms with Gasteiger partial charge in [-0.15, -0.1) is 0 Å². The molecule has 0 saturated heterocycles. The van der Waals surface area contributed by atoms with Crippen molar-refractivity contribution in [3.05, 3.63) is 64.0 Å². The highest BCUT2D eigenvalue weighted by Gasteiger charge is 2.09. The molecular formula is C17H19NO. The largest absolute Gasteiger partial charge is 0.294 e. The number of aryl methyl sites for hydroxylation is 4. The molecule has 0 amide bonds. The SMILES string of the molecule is Cc1cc(C)cc(CC(=O)c2cc(C)nc(C)c2)c1. The average molecular weight is 253 g/mol. The highest BCUT2D eigenvalue weighted by Crippen LogP contribution is 2.13. The monoisotopic (exact) mass is 253 g/mol. The van der Waals surface area contributed by atoms with E-state index in [2.05, 4.69) is 37.0 Å². The number of ketones is 1. The van der Waals surface area contributed by atoms with Gasteiger partial charge in [0.15, 0.2) is 5.78 Å². The number of hydrogen-bond donors (Lipinski definition) is 0. The number of rotatable bonds is 3. The lowest BCUT2D eigenvalue weighted by atomic mass is 9.99. The summed E-state index contributed by atoms with van der Waals surface area (Å²) >= 11 is 0. The van der Waals surface area contributed by atoms with Gasteiger partial charge in [0.2, 0.25) is 0 Å². The first-order chi connectivity index (χ1) is 8.94. The molecule has 0 N–H and O–H groups in total. The fourth-order valence-corrected chi connectivity index (χ4v) is 2.45. The van der Waals surface area contributed by atoms with Crippen molar-refractivity contribution < 1.29 is 4.79 Å². The molecule has 2 heteroatoms. The van der Waals surface area contributed by atoms with Crippen LogP contribution >= 0.6 is 0 Å². The summed E-state index contributed by atoms with van der Waals surface area (Å²) in [5.41, 5.74) is 6.01. The Bertz CT molecular complexity index is 589. The third kappa shape index (κ3) is 3.50. The van der Waals surface area contributed by atoms with Gasteiger partial charge in [-0.3, -0.25) is 9.78 Å². The maximum absolute atomic E-state index is 12.3. The Morgan fingerprint density at radius 1 is 0.895 bits per heavy atom. The molecular weight excluding hydrogens is 234 g/mol. The summed E-state index contributed by atoms with van der Waals surface area (Å²) in [4.78, 5) is 16.6. The number of carbonyl (C=O) groups excluding carboxylic acids is 1. The van der Waals surface area contributed by atoms with Crippen LogP contribution in [0, 0.1) is 27.7 Å². The van der Waals surface area contributed by atoms with E-state index in [1.807, 2.05) is 26.0 Å². The molecule has 0 fully saturated rings. The Balaban J connectivity index is 2.25. The normalized spacial score (nSPS) is 10.5. The number of nitrogens with zero attached hydrogens (tertiary/aromatic N) is 1. The van der Waals surface area contributed by atoms with Gasteiger partial charge in [-0.05, 0) is 45.4 Å². The van der Waals surface area contributed by atoms with E-state index in [0.29, 0.717) is 6.42 Å². The fraction of sp³-hybridized carbons (Fsp3) is 0.294. The van der Waals surface area contributed by atoms with Crippen LogP contribution in [0.5, 0.6) is 0 Å². The molecule has 0 unspecified atom stereocenters. The molecule has 98 valence electrons. The zero-order valence-corrected chi connectivity index (χ0v) is 11.9. The summed E-state index contributed by atoms with van der Waals surface area (Å²) in [5, 5.41) is 0. The molecule has 2 aromatic rings. The van der Waals surface area contributed by atoms with Crippen molar-refractivity contribution in [2.45, 2.75) is 34.1 Å². The summed E-state index contributed by atoms with van der Waals surface area (Å²) in [6.45, 7) is 7.95. The molecule has 1 aromatic heterocycles. The Hall–Kier alpha value is -1.96. The van der Waals surface area contributed by atoms with Gasteiger partial charge in [-0.2, -0.15) is 0 Å². The Labute approximate surface area is 114 Å². The van der Waals surface area contributed by atoms with Gasteiger partial charge in [0, 0.05) is 23.4 Å². The number of benzene rings is 1. The van der Waals surface area contributed by atoms with Crippen LogP contribution in [0.15, 0.2) is 30.3 Å². The average Bonchev–Trinajstić information content (AvgIpc) is 2.25. The van der Waals surface area contributed by atoms with Crippen molar-refractivity contribution in [2.24, 2.45) is 0 Å². The number of Topliss-reactive ketones (excluding diaryl/α,β-unsaturated/α-hetero) is 1. The lowest BCUT2D eigenvalue weighted by molar-refractivity contribution is 0.0992. The smallest absolute Gasteiger partial charge is 0.167 e. The molecule has 0 saturated carbocycles. The molecule has 0 aliphatic rings. The highest BCUT2D eigenvalue weighted by molar-refractivity contribution is 5.97. The third-order valence-corrected chi connectivity index (χ3v) is 3.05. The Morgan fingerprint density at radius 2 is 1.42 bits per heavy atom. The van der Waals surface area contributed by atoms with Crippen LogP contribution in [0.2, 0.25) is 0 Å². The number of carbonyl (C=O) groups is 1. The Kier molecular flexibility index (Phi) is 3.79. The van der Waals surface area contributed by atoms with Crippen LogP contribution in [0.4, 0.5) is 0 Å². The van der Waals surface area contributed by atoms with Gasteiger partial charge in [0.25, 0.3) is 0 Å². The van der Waals surface area contributed by atoms with E-state index in [-0.39, 0.29) is 5.78 Å². The molecule has 0 radical (unpaired) electrons. The van der Waals surface area contributed by atoms with Crippen molar-refractivity contribution in [1.82, 2.24) is 4.98 Å². The molecule has 0 bridgehead atoms. The summed E-state index contributed by atoms with van der Waals surface area (Å²) in [6, 6.07) is 9.99. The third-order valence-electron chi connectivity index (χ3n) is 3.05. The van der Waals surface area contributed by atoms with E-state index in [4.69, 9.17) is 0 Å². The molecule has 1 heterocycles. The minimum absolute atomic E-state index is 0.151. The molecule has 0 atom stereocenters. The van der Waals surface area contributed by atoms with E-state index < -0.39 is 0 Å². The van der Waals surface area contributed by atoms with Crippen LogP contribution < -0.4 is 0 Å². The first-order valence-corrected chi connectivity index (χ1v) is 6.50. The second-order valence-electron chi connectivity index (χ2n) is 5.23. The van der Waals surface area contributed by atoms with Gasteiger partial charge >= 0.3 is 0 Å². The first kappa shape index (κ1) is 13.5. The van der Waals surface area contributed by atoms with E-state index in [0.717, 1.165) is 22.5 Å². The molecule has 2 rings (SSSR count). The lowest BCUT2D eigenvalue weighted by Crippen LogP contribution is -2.05. The zero-order chi connectivity index (χ0) is 14.0. The second-order valence-corrected chi connectivity index (χ2v) is 5.23. The molecule has 1 aromatic carbocycles. The maximum atomic E-state index is 12.3. The van der Waals surface area contributed by atoms with Crippen LogP contribution in [0.3, 0.4) is 0 Å². The van der Waals surface area contributed by atoms with Crippen molar-refractivity contribution >= 4 is 5.78 Å². The maximum Gasteiger partial charge on any atom is 0.167 e. The summed E-state index contributed by atoms with van der Waals surface area (Å²) in [6.07, 6.45) is 0.450. The molecule has 0 aliphatic heterocycles. The van der Waals surface area contributed by atoms with Gasteiger partial charge in [-0.1, -0.05) is 29.3 Å². The summed E-state index contributed by atoms with van der Waals surface area (Å²) < 4.78 is 0. The predicted octanol–water partition coefficient (Wildman–Crippen LogP) is 3.74. The summed E-state index contributed by atoms with van der Waals surface area (Å²) in [5.74, 6) is 0.151. The van der Waals surface area contributed by atoms with E-state index in [1.54, 1.807) is 0 Å². The predicted molar refractivity (Wildman–Crippen MR) is 77.7 cm³/mol. The second kappa shape index (κ2) is 5.35. The molecule has 0 aliphatic carbocycles. The summed E-state index contributed by atoms with van der Waals surface area (Å²) in [7, 11) is 0. The number of aromatic nitrogens is 1. The quantitative estimate of drug-likeness (QED) is 0.780. The minimum atomic E-state index is 0.151. The topological polar surface area (TPSA) is 30.0 Å². The zero-order valence-electron chi connectivity index (χ0n) is 11.9. The van der Waals surface area contributed by atoms with Crippen molar-refractivity contribution in [2.75, 3.05) is 0 Å². The molecule has 0 spiro atoms. The van der Waals surface area contributed by atoms with E-state index in [9.17, 15) is 4.79 Å². The number of hydrogen-bond acceptors (Lipinski definition) is 2. The van der Waals surface area contributed by atoms with Crippen LogP contribution in [-0.2, 0) is 6.42 Å². The minimum Gasteiger partial charge on any atom is -0.294 e. The van der Waals surface area contributed by atoms with E-state index >= 15 is 0 Å². The Morgan fingerprint density at radius 3 is 1.95 bits per heavy atom. The molecule has 2 nitrogen and oxygen atoms in total. The van der Waals surface area contributed by atoms with Crippen molar-refractivity contribution in [3.63, 3.8) is 0 Å². The van der Waals surface area contributed by atoms with Gasteiger partial charge in [-0.25, -0.2) is 0 Å². The van der Waals surface area contributed by atoms with Crippen LogP contribution in [-0.4, -0.2) is 10.8 Å². The fourth-order valence-electron chi connectivity index (χ4n) is 2.45. The standard InChI is InChI=1S/C17H19NO/c1-11-5-12(2)7-15(6-11)10-17(19)16-8-13(3)18-14(4)9-16/h5-9H,10H2,1-4H3. The van der Waals surface area contributed by atoms with Crippen LogP contribution in [0.1, 0.15) is 38.4 Å².